The first kappa shape index (κ1) is 18.7. The molecule has 30 heavy (non-hydrogen) atoms. The van der Waals surface area contributed by atoms with Crippen molar-refractivity contribution in [1.29, 1.82) is 0 Å². The summed E-state index contributed by atoms with van der Waals surface area (Å²) in [5, 5.41) is 8.29. The molecule has 6 rings (SSSR count). The molecule has 0 aliphatic carbocycles. The van der Waals surface area contributed by atoms with Crippen molar-refractivity contribution in [2.24, 2.45) is 10.4 Å². The molecule has 1 N–H and O–H groups in total. The van der Waals surface area contributed by atoms with Crippen molar-refractivity contribution in [2.45, 2.75) is 38.5 Å². The molecule has 10 heteroatoms. The number of aliphatic imine (C=N–C) groups is 1. The average molecular weight is 445 g/mol. The first-order chi connectivity index (χ1) is 14.6. The van der Waals surface area contributed by atoms with Crippen LogP contribution < -0.4 is 10.2 Å². The molecule has 1 saturated heterocycles. The SMILES string of the molecule is C[C@@H]1CN2c3c(nc4c(-c5cncs5)noc4c3Cl)CC3(C=NCNC3)[C@H]2[C@H](C)O1. The Kier molecular flexibility index (Phi) is 4.18. The van der Waals surface area contributed by atoms with E-state index in [4.69, 9.17) is 25.8 Å². The standard InChI is InChI=1S/C20H21ClN6O2S/c1-10-5-27-17-12(3-20(6-23-8-24-7-20)19(27)11(2)28-10)25-16-15(13-4-22-9-30-13)26-29-18(16)14(17)21/h4,6,9-11,19,24H,3,5,7-8H2,1-2H3/t10-,11+,19-,20?/m1/s1. The minimum atomic E-state index is -0.212. The van der Waals surface area contributed by atoms with Crippen molar-refractivity contribution in [3.63, 3.8) is 0 Å². The van der Waals surface area contributed by atoms with Crippen LogP contribution in [0.15, 0.2) is 21.2 Å². The van der Waals surface area contributed by atoms with Crippen molar-refractivity contribution in [3.8, 4) is 10.6 Å². The monoisotopic (exact) mass is 444 g/mol. The second kappa shape index (κ2) is 6.71. The van der Waals surface area contributed by atoms with E-state index in [9.17, 15) is 0 Å². The second-order valence-electron chi connectivity index (χ2n) is 8.35. The molecule has 1 fully saturated rings. The minimum Gasteiger partial charge on any atom is -0.372 e. The average Bonchev–Trinajstić information content (AvgIpc) is 3.37. The molecule has 1 unspecified atom stereocenters. The van der Waals surface area contributed by atoms with Gasteiger partial charge in [-0.3, -0.25) is 15.3 Å². The van der Waals surface area contributed by atoms with Gasteiger partial charge in [-0.25, -0.2) is 4.98 Å². The van der Waals surface area contributed by atoms with Gasteiger partial charge in [-0.1, -0.05) is 16.8 Å². The van der Waals surface area contributed by atoms with E-state index >= 15 is 0 Å². The first-order valence-corrected chi connectivity index (χ1v) is 11.3. The molecular weight excluding hydrogens is 424 g/mol. The Morgan fingerprint density at radius 1 is 1.37 bits per heavy atom. The van der Waals surface area contributed by atoms with E-state index < -0.39 is 0 Å². The molecule has 3 aliphatic heterocycles. The van der Waals surface area contributed by atoms with E-state index in [2.05, 4.69) is 45.4 Å². The number of rotatable bonds is 1. The fourth-order valence-electron chi connectivity index (χ4n) is 5.33. The Morgan fingerprint density at radius 2 is 2.27 bits per heavy atom. The van der Waals surface area contributed by atoms with Crippen LogP contribution >= 0.6 is 22.9 Å². The molecule has 3 aromatic heterocycles. The van der Waals surface area contributed by atoms with Gasteiger partial charge in [0.2, 0.25) is 5.58 Å². The molecule has 1 spiro atoms. The third-order valence-corrected chi connectivity index (χ3v) is 7.45. The summed E-state index contributed by atoms with van der Waals surface area (Å²) in [6, 6.07) is 0.110. The van der Waals surface area contributed by atoms with Gasteiger partial charge in [0.05, 0.1) is 46.7 Å². The smallest absolute Gasteiger partial charge is 0.206 e. The summed E-state index contributed by atoms with van der Waals surface area (Å²) in [6.07, 6.45) is 4.73. The van der Waals surface area contributed by atoms with Crippen molar-refractivity contribution < 1.29 is 9.26 Å². The van der Waals surface area contributed by atoms with E-state index in [0.717, 1.165) is 35.8 Å². The number of ether oxygens (including phenoxy) is 1. The maximum absolute atomic E-state index is 6.96. The molecule has 0 radical (unpaired) electrons. The van der Waals surface area contributed by atoms with E-state index in [-0.39, 0.29) is 23.7 Å². The molecule has 6 heterocycles. The van der Waals surface area contributed by atoms with Gasteiger partial charge in [0.1, 0.15) is 10.5 Å². The summed E-state index contributed by atoms with van der Waals surface area (Å²) in [4.78, 5) is 17.1. The normalized spacial score (nSPS) is 30.6. The van der Waals surface area contributed by atoms with Crippen molar-refractivity contribution in [1.82, 2.24) is 20.4 Å². The third-order valence-electron chi connectivity index (χ3n) is 6.32. The van der Waals surface area contributed by atoms with Crippen LogP contribution in [0.2, 0.25) is 5.02 Å². The number of thiazole rings is 1. The Bertz CT molecular complexity index is 1150. The lowest BCUT2D eigenvalue weighted by Gasteiger charge is -2.55. The van der Waals surface area contributed by atoms with Gasteiger partial charge in [-0.2, -0.15) is 0 Å². The van der Waals surface area contributed by atoms with Crippen LogP contribution in [0.1, 0.15) is 19.5 Å². The molecular formula is C20H21ClN6O2S. The van der Waals surface area contributed by atoms with E-state index in [1.54, 1.807) is 11.7 Å². The van der Waals surface area contributed by atoms with Gasteiger partial charge in [0.25, 0.3) is 0 Å². The van der Waals surface area contributed by atoms with Gasteiger partial charge in [0.15, 0.2) is 5.69 Å². The van der Waals surface area contributed by atoms with Gasteiger partial charge >= 0.3 is 0 Å². The zero-order valence-corrected chi connectivity index (χ0v) is 18.2. The highest BCUT2D eigenvalue weighted by molar-refractivity contribution is 7.13. The summed E-state index contributed by atoms with van der Waals surface area (Å²) in [7, 11) is 0. The quantitative estimate of drug-likeness (QED) is 0.616. The van der Waals surface area contributed by atoms with Crippen LogP contribution in [0.25, 0.3) is 21.7 Å². The summed E-state index contributed by atoms with van der Waals surface area (Å²) in [5.41, 5.74) is 5.35. The van der Waals surface area contributed by atoms with Crippen molar-refractivity contribution in [3.05, 3.63) is 22.4 Å². The first-order valence-electron chi connectivity index (χ1n) is 10.1. The minimum absolute atomic E-state index is 0.0301. The number of anilines is 1. The van der Waals surface area contributed by atoms with Gasteiger partial charge in [-0.15, -0.1) is 11.3 Å². The number of aromatic nitrogens is 3. The molecule has 4 atom stereocenters. The van der Waals surface area contributed by atoms with Gasteiger partial charge in [-0.05, 0) is 13.8 Å². The molecule has 156 valence electrons. The molecule has 8 nitrogen and oxygen atoms in total. The lowest BCUT2D eigenvalue weighted by Crippen LogP contribution is -2.67. The molecule has 0 aromatic carbocycles. The lowest BCUT2D eigenvalue weighted by molar-refractivity contribution is -0.0522. The predicted molar refractivity (Wildman–Crippen MR) is 117 cm³/mol. The van der Waals surface area contributed by atoms with Crippen molar-refractivity contribution >= 4 is 45.9 Å². The molecule has 0 bridgehead atoms. The van der Waals surface area contributed by atoms with E-state index in [1.165, 1.54) is 11.3 Å². The maximum atomic E-state index is 6.96. The summed E-state index contributed by atoms with van der Waals surface area (Å²) in [6.45, 7) is 6.43. The number of nitrogens with one attached hydrogen (secondary N) is 1. The van der Waals surface area contributed by atoms with Crippen LogP contribution in [0.5, 0.6) is 0 Å². The number of pyridine rings is 1. The number of nitrogens with zero attached hydrogens (tertiary/aromatic N) is 5. The summed E-state index contributed by atoms with van der Waals surface area (Å²) >= 11 is 8.46. The van der Waals surface area contributed by atoms with Crippen LogP contribution in [-0.2, 0) is 11.2 Å². The Balaban J connectivity index is 1.59. The fourth-order valence-corrected chi connectivity index (χ4v) is 6.28. The topological polar surface area (TPSA) is 88.7 Å². The Labute approximate surface area is 182 Å². The number of fused-ring (bicyclic) bond motifs is 5. The second-order valence-corrected chi connectivity index (χ2v) is 9.62. The molecule has 0 amide bonds. The van der Waals surface area contributed by atoms with E-state index in [0.29, 0.717) is 28.5 Å². The van der Waals surface area contributed by atoms with Gasteiger partial charge < -0.3 is 14.2 Å². The number of morpholine rings is 1. The Hall–Kier alpha value is -2.07. The maximum Gasteiger partial charge on any atom is 0.206 e. The highest BCUT2D eigenvalue weighted by Crippen LogP contribution is 2.49. The molecule has 3 aromatic rings. The number of hydrogen-bond acceptors (Lipinski definition) is 9. The highest BCUT2D eigenvalue weighted by atomic mass is 35.5. The summed E-state index contributed by atoms with van der Waals surface area (Å²) in [5.74, 6) is 0. The number of hydrogen-bond donors (Lipinski definition) is 1. The van der Waals surface area contributed by atoms with Crippen LogP contribution in [0, 0.1) is 5.41 Å². The molecule has 3 aliphatic rings. The lowest BCUT2D eigenvalue weighted by atomic mass is 9.70. The summed E-state index contributed by atoms with van der Waals surface area (Å²) < 4.78 is 11.9. The van der Waals surface area contributed by atoms with Gasteiger partial charge in [0, 0.05) is 37.3 Å². The number of halogens is 1. The molecule has 0 saturated carbocycles. The zero-order valence-electron chi connectivity index (χ0n) is 16.6. The zero-order chi connectivity index (χ0) is 20.5. The van der Waals surface area contributed by atoms with Crippen LogP contribution in [0.3, 0.4) is 0 Å². The van der Waals surface area contributed by atoms with Crippen molar-refractivity contribution in [2.75, 3.05) is 24.7 Å². The highest BCUT2D eigenvalue weighted by Gasteiger charge is 2.53. The van der Waals surface area contributed by atoms with Crippen LogP contribution in [0.4, 0.5) is 5.69 Å². The van der Waals surface area contributed by atoms with E-state index in [1.807, 2.05) is 0 Å². The Morgan fingerprint density at radius 3 is 3.03 bits per heavy atom. The largest absolute Gasteiger partial charge is 0.372 e. The van der Waals surface area contributed by atoms with Crippen LogP contribution in [-0.4, -0.2) is 59.3 Å². The predicted octanol–water partition coefficient (Wildman–Crippen LogP) is 3.16. The fraction of sp³-hybridized carbons (Fsp3) is 0.500. The third kappa shape index (κ3) is 2.59.